The summed E-state index contributed by atoms with van der Waals surface area (Å²) in [5.74, 6) is 0. The van der Waals surface area contributed by atoms with E-state index in [9.17, 15) is 4.79 Å². The van der Waals surface area contributed by atoms with Crippen LogP contribution in [0, 0.1) is 0 Å². The lowest BCUT2D eigenvalue weighted by Gasteiger charge is -2.37. The van der Waals surface area contributed by atoms with Crippen LogP contribution in [0.2, 0.25) is 0 Å². The van der Waals surface area contributed by atoms with E-state index in [4.69, 9.17) is 18.0 Å². The molecule has 5 heteroatoms. The number of urea groups is 1. The first-order valence-electron chi connectivity index (χ1n) is 5.39. The Morgan fingerprint density at radius 3 is 2.80 bits per heavy atom. The van der Waals surface area contributed by atoms with Crippen molar-refractivity contribution in [1.29, 1.82) is 0 Å². The fraction of sp³-hybridized carbons (Fsp3) is 0.800. The molecule has 0 aromatic heterocycles. The Hall–Kier alpha value is -0.840. The van der Waals surface area contributed by atoms with Crippen LogP contribution in [0.25, 0.3) is 0 Å². The molecule has 4 nitrogen and oxygen atoms in total. The zero-order valence-corrected chi connectivity index (χ0v) is 10.2. The van der Waals surface area contributed by atoms with Crippen LogP contribution in [0.15, 0.2) is 0 Å². The van der Waals surface area contributed by atoms with Gasteiger partial charge in [-0.05, 0) is 26.2 Å². The third-order valence-electron chi connectivity index (χ3n) is 2.88. The number of carbonyl (C=O) groups is 1. The van der Waals surface area contributed by atoms with Crippen molar-refractivity contribution in [3.63, 3.8) is 0 Å². The smallest absolute Gasteiger partial charge is 0.320 e. The summed E-state index contributed by atoms with van der Waals surface area (Å²) in [5.41, 5.74) is 5.66. The molecule has 1 atom stereocenters. The predicted molar refractivity (Wildman–Crippen MR) is 64.8 cm³/mol. The normalized spacial score (nSPS) is 21.2. The van der Waals surface area contributed by atoms with Gasteiger partial charge in [0.2, 0.25) is 0 Å². The Morgan fingerprint density at radius 1 is 1.60 bits per heavy atom. The Labute approximate surface area is 96.4 Å². The summed E-state index contributed by atoms with van der Waals surface area (Å²) >= 11 is 5.00. The van der Waals surface area contributed by atoms with Gasteiger partial charge in [-0.15, -0.1) is 0 Å². The lowest BCUT2D eigenvalue weighted by atomic mass is 10.0. The summed E-state index contributed by atoms with van der Waals surface area (Å²) in [6.45, 7) is 3.43. The van der Waals surface area contributed by atoms with Crippen molar-refractivity contribution in [3.05, 3.63) is 0 Å². The van der Waals surface area contributed by atoms with Gasteiger partial charge in [0.25, 0.3) is 0 Å². The molecule has 0 bridgehead atoms. The Kier molecular flexibility index (Phi) is 4.32. The first kappa shape index (κ1) is 12.2. The number of carbonyl (C=O) groups excluding carboxylic acids is 1. The van der Waals surface area contributed by atoms with Crippen LogP contribution in [0.3, 0.4) is 0 Å². The molecule has 2 N–H and O–H groups in total. The Morgan fingerprint density at radius 2 is 2.27 bits per heavy atom. The molecule has 1 heterocycles. The van der Waals surface area contributed by atoms with E-state index in [0.717, 1.165) is 25.8 Å². The molecule has 1 unspecified atom stereocenters. The Bertz CT molecular complexity index is 257. The first-order valence-corrected chi connectivity index (χ1v) is 5.79. The van der Waals surface area contributed by atoms with Gasteiger partial charge in [0.15, 0.2) is 0 Å². The molecule has 0 spiro atoms. The Balaban J connectivity index is 2.71. The lowest BCUT2D eigenvalue weighted by Crippen LogP contribution is -2.53. The second kappa shape index (κ2) is 5.30. The van der Waals surface area contributed by atoms with Crippen molar-refractivity contribution in [3.8, 4) is 0 Å². The van der Waals surface area contributed by atoms with Gasteiger partial charge in [-0.3, -0.25) is 0 Å². The third kappa shape index (κ3) is 2.81. The van der Waals surface area contributed by atoms with Crippen LogP contribution in [0.5, 0.6) is 0 Å². The fourth-order valence-electron chi connectivity index (χ4n) is 1.81. The number of likely N-dealkylation sites (tertiary alicyclic amines) is 1. The molecule has 0 aromatic carbocycles. The molecule has 0 aromatic rings. The van der Waals surface area contributed by atoms with Gasteiger partial charge in [0.1, 0.15) is 0 Å². The maximum atomic E-state index is 12.0. The van der Waals surface area contributed by atoms with E-state index in [2.05, 4.69) is 0 Å². The standard InChI is InChI=1S/C10H19N3OS/c1-3-12(2)10(14)13-7-5-4-6-8(13)9(11)15/h8H,3-7H2,1-2H3,(H2,11,15). The van der Waals surface area contributed by atoms with E-state index in [1.165, 1.54) is 0 Å². The SMILES string of the molecule is CCN(C)C(=O)N1CCCCC1C(N)=S. The largest absolute Gasteiger partial charge is 0.392 e. The van der Waals surface area contributed by atoms with Crippen molar-refractivity contribution >= 4 is 23.2 Å². The molecule has 1 saturated heterocycles. The molecule has 86 valence electrons. The van der Waals surface area contributed by atoms with Gasteiger partial charge >= 0.3 is 6.03 Å². The van der Waals surface area contributed by atoms with E-state index in [-0.39, 0.29) is 12.1 Å². The van der Waals surface area contributed by atoms with Crippen molar-refractivity contribution in [1.82, 2.24) is 9.80 Å². The van der Waals surface area contributed by atoms with E-state index < -0.39 is 0 Å². The van der Waals surface area contributed by atoms with Gasteiger partial charge < -0.3 is 15.5 Å². The number of hydrogen-bond donors (Lipinski definition) is 1. The summed E-state index contributed by atoms with van der Waals surface area (Å²) < 4.78 is 0. The van der Waals surface area contributed by atoms with Crippen molar-refractivity contribution in [2.24, 2.45) is 5.73 Å². The van der Waals surface area contributed by atoms with E-state index >= 15 is 0 Å². The average Bonchev–Trinajstić information content (AvgIpc) is 2.27. The topological polar surface area (TPSA) is 49.6 Å². The maximum Gasteiger partial charge on any atom is 0.320 e. The van der Waals surface area contributed by atoms with Crippen LogP contribution in [-0.2, 0) is 0 Å². The van der Waals surface area contributed by atoms with Gasteiger partial charge in [-0.1, -0.05) is 12.2 Å². The minimum atomic E-state index is -0.0461. The number of rotatable bonds is 2. The minimum absolute atomic E-state index is 0.0370. The van der Waals surface area contributed by atoms with Crippen molar-refractivity contribution in [2.45, 2.75) is 32.2 Å². The van der Waals surface area contributed by atoms with Crippen LogP contribution in [-0.4, -0.2) is 47.0 Å². The third-order valence-corrected chi connectivity index (χ3v) is 3.15. The highest BCUT2D eigenvalue weighted by molar-refractivity contribution is 7.80. The number of amides is 2. The van der Waals surface area contributed by atoms with Crippen molar-refractivity contribution < 1.29 is 4.79 Å². The average molecular weight is 229 g/mol. The molecule has 1 rings (SSSR count). The molecule has 2 amide bonds. The number of thiocarbonyl (C=S) groups is 1. The number of piperidine rings is 1. The van der Waals surface area contributed by atoms with Crippen LogP contribution in [0.4, 0.5) is 4.79 Å². The molecular formula is C10H19N3OS. The predicted octanol–water partition coefficient (Wildman–Crippen LogP) is 1.20. The molecular weight excluding hydrogens is 210 g/mol. The molecule has 0 radical (unpaired) electrons. The second-order valence-electron chi connectivity index (χ2n) is 3.90. The highest BCUT2D eigenvalue weighted by Crippen LogP contribution is 2.18. The molecule has 1 aliphatic rings. The number of hydrogen-bond acceptors (Lipinski definition) is 2. The van der Waals surface area contributed by atoms with Gasteiger partial charge in [-0.2, -0.15) is 0 Å². The van der Waals surface area contributed by atoms with Crippen LogP contribution in [0.1, 0.15) is 26.2 Å². The summed E-state index contributed by atoms with van der Waals surface area (Å²) in [6.07, 6.45) is 3.04. The summed E-state index contributed by atoms with van der Waals surface area (Å²) in [5, 5.41) is 0. The fourth-order valence-corrected chi connectivity index (χ4v) is 2.06. The number of nitrogens with two attached hydrogens (primary N) is 1. The van der Waals surface area contributed by atoms with Crippen molar-refractivity contribution in [2.75, 3.05) is 20.1 Å². The van der Waals surface area contributed by atoms with Crippen LogP contribution < -0.4 is 5.73 Å². The van der Waals surface area contributed by atoms with E-state index in [1.807, 2.05) is 6.92 Å². The van der Waals surface area contributed by atoms with Gasteiger partial charge in [0, 0.05) is 20.1 Å². The quantitative estimate of drug-likeness (QED) is 0.724. The highest BCUT2D eigenvalue weighted by Gasteiger charge is 2.29. The first-order chi connectivity index (χ1) is 7.07. The lowest BCUT2D eigenvalue weighted by molar-refractivity contribution is 0.143. The summed E-state index contributed by atoms with van der Waals surface area (Å²) in [6, 6.07) is -0.00903. The van der Waals surface area contributed by atoms with E-state index in [0.29, 0.717) is 11.5 Å². The zero-order valence-electron chi connectivity index (χ0n) is 9.40. The second-order valence-corrected chi connectivity index (χ2v) is 4.38. The van der Waals surface area contributed by atoms with Crippen LogP contribution >= 0.6 is 12.2 Å². The highest BCUT2D eigenvalue weighted by atomic mass is 32.1. The zero-order chi connectivity index (χ0) is 11.4. The van der Waals surface area contributed by atoms with Gasteiger partial charge in [-0.25, -0.2) is 4.79 Å². The molecule has 15 heavy (non-hydrogen) atoms. The monoisotopic (exact) mass is 229 g/mol. The number of nitrogens with zero attached hydrogens (tertiary/aromatic N) is 2. The molecule has 0 aliphatic carbocycles. The molecule has 0 saturated carbocycles. The van der Waals surface area contributed by atoms with Gasteiger partial charge in [0.05, 0.1) is 11.0 Å². The summed E-state index contributed by atoms with van der Waals surface area (Å²) in [4.78, 5) is 15.9. The maximum absolute atomic E-state index is 12.0. The van der Waals surface area contributed by atoms with E-state index in [1.54, 1.807) is 16.8 Å². The molecule has 1 aliphatic heterocycles. The molecule has 1 fully saturated rings. The summed E-state index contributed by atoms with van der Waals surface area (Å²) in [7, 11) is 1.80. The minimum Gasteiger partial charge on any atom is -0.392 e.